The molecule has 1 unspecified atom stereocenters. The zero-order chi connectivity index (χ0) is 17.2. The van der Waals surface area contributed by atoms with Crippen LogP contribution in [-0.2, 0) is 10.3 Å². The first-order valence-corrected chi connectivity index (χ1v) is 7.97. The van der Waals surface area contributed by atoms with E-state index in [2.05, 4.69) is 5.32 Å². The molecule has 3 amide bonds. The van der Waals surface area contributed by atoms with E-state index < -0.39 is 11.6 Å². The molecule has 1 aliphatic heterocycles. The van der Waals surface area contributed by atoms with Crippen molar-refractivity contribution in [1.29, 1.82) is 0 Å². The molecule has 5 heteroatoms. The fourth-order valence-corrected chi connectivity index (χ4v) is 2.95. The number of rotatable bonds is 5. The van der Waals surface area contributed by atoms with E-state index in [0.717, 1.165) is 16.7 Å². The summed E-state index contributed by atoms with van der Waals surface area (Å²) in [6.07, 6.45) is 0.377. The molecule has 24 heavy (non-hydrogen) atoms. The van der Waals surface area contributed by atoms with Crippen molar-refractivity contribution in [2.45, 2.75) is 18.9 Å². The molecular formula is C19H20N2O3. The smallest absolute Gasteiger partial charge is 0.325 e. The first-order valence-electron chi connectivity index (χ1n) is 7.97. The molecule has 2 aromatic rings. The molecule has 124 valence electrons. The van der Waals surface area contributed by atoms with Gasteiger partial charge < -0.3 is 10.4 Å². The van der Waals surface area contributed by atoms with Crippen LogP contribution in [0.3, 0.4) is 0 Å². The van der Waals surface area contributed by atoms with E-state index in [0.29, 0.717) is 6.42 Å². The quantitative estimate of drug-likeness (QED) is 0.830. The molecule has 1 fully saturated rings. The highest BCUT2D eigenvalue weighted by Crippen LogP contribution is 2.30. The van der Waals surface area contributed by atoms with E-state index in [-0.39, 0.29) is 19.1 Å². The summed E-state index contributed by atoms with van der Waals surface area (Å²) < 4.78 is 0. The molecule has 2 aromatic carbocycles. The first kappa shape index (κ1) is 16.2. The van der Waals surface area contributed by atoms with Gasteiger partial charge in [0, 0.05) is 13.2 Å². The largest absolute Gasteiger partial charge is 0.396 e. The van der Waals surface area contributed by atoms with Gasteiger partial charge in [-0.3, -0.25) is 9.69 Å². The lowest BCUT2D eigenvalue weighted by atomic mass is 9.90. The van der Waals surface area contributed by atoms with E-state index in [1.807, 2.05) is 54.6 Å². The number of carbonyl (C=O) groups excluding carboxylic acids is 2. The number of benzene rings is 2. The molecular weight excluding hydrogens is 304 g/mol. The van der Waals surface area contributed by atoms with Crippen molar-refractivity contribution in [2.24, 2.45) is 0 Å². The molecule has 0 saturated carbocycles. The van der Waals surface area contributed by atoms with E-state index >= 15 is 0 Å². The van der Waals surface area contributed by atoms with Crippen molar-refractivity contribution in [3.63, 3.8) is 0 Å². The summed E-state index contributed by atoms with van der Waals surface area (Å²) in [5, 5.41) is 11.7. The molecule has 2 N–H and O–H groups in total. The van der Waals surface area contributed by atoms with Crippen molar-refractivity contribution < 1.29 is 14.7 Å². The van der Waals surface area contributed by atoms with E-state index in [1.54, 1.807) is 6.92 Å². The van der Waals surface area contributed by atoms with Gasteiger partial charge in [-0.1, -0.05) is 54.6 Å². The van der Waals surface area contributed by atoms with Gasteiger partial charge in [0.1, 0.15) is 5.54 Å². The Bertz CT molecular complexity index is 743. The van der Waals surface area contributed by atoms with Crippen molar-refractivity contribution in [3.8, 4) is 11.1 Å². The number of nitrogens with one attached hydrogen (secondary N) is 1. The predicted molar refractivity (Wildman–Crippen MR) is 91.2 cm³/mol. The normalized spacial score (nSPS) is 20.3. The number of amides is 3. The van der Waals surface area contributed by atoms with Gasteiger partial charge in [-0.2, -0.15) is 0 Å². The average molecular weight is 324 g/mol. The Morgan fingerprint density at radius 2 is 1.62 bits per heavy atom. The third kappa shape index (κ3) is 2.78. The number of urea groups is 1. The highest BCUT2D eigenvalue weighted by molar-refractivity contribution is 6.07. The Hall–Kier alpha value is -2.66. The van der Waals surface area contributed by atoms with Crippen LogP contribution < -0.4 is 5.32 Å². The Morgan fingerprint density at radius 1 is 1.00 bits per heavy atom. The number of nitrogens with zero attached hydrogens (tertiary/aromatic N) is 1. The minimum Gasteiger partial charge on any atom is -0.396 e. The highest BCUT2D eigenvalue weighted by atomic mass is 16.3. The van der Waals surface area contributed by atoms with E-state index in [4.69, 9.17) is 5.11 Å². The molecule has 0 aromatic heterocycles. The Balaban J connectivity index is 1.86. The standard InChI is InChI=1S/C19H20N2O3/c1-19(17(23)21(12-5-13-22)18(24)20-19)16-10-8-15(9-11-16)14-6-3-2-4-7-14/h2-4,6-11,22H,5,12-13H2,1H3,(H,20,24). The monoisotopic (exact) mass is 324 g/mol. The summed E-state index contributed by atoms with van der Waals surface area (Å²) in [6, 6.07) is 17.2. The second kappa shape index (κ2) is 6.45. The van der Waals surface area contributed by atoms with Gasteiger partial charge in [-0.25, -0.2) is 4.79 Å². The Kier molecular flexibility index (Phi) is 4.36. The average Bonchev–Trinajstić information content (AvgIpc) is 2.84. The molecule has 0 aliphatic carbocycles. The van der Waals surface area contributed by atoms with Crippen molar-refractivity contribution in [3.05, 3.63) is 60.2 Å². The van der Waals surface area contributed by atoms with Gasteiger partial charge in [0.2, 0.25) is 0 Å². The summed E-state index contributed by atoms with van der Waals surface area (Å²) in [5.41, 5.74) is 1.83. The maximum absolute atomic E-state index is 12.7. The second-order valence-corrected chi connectivity index (χ2v) is 6.03. The van der Waals surface area contributed by atoms with Crippen LogP contribution in [0.5, 0.6) is 0 Å². The van der Waals surface area contributed by atoms with E-state index in [1.165, 1.54) is 4.90 Å². The number of carbonyl (C=O) groups is 2. The minimum atomic E-state index is -1.07. The van der Waals surface area contributed by atoms with Crippen LogP contribution in [0.15, 0.2) is 54.6 Å². The molecule has 3 rings (SSSR count). The fourth-order valence-electron chi connectivity index (χ4n) is 2.95. The molecule has 1 aliphatic rings. The fraction of sp³-hybridized carbons (Fsp3) is 0.263. The number of aliphatic hydroxyl groups is 1. The van der Waals surface area contributed by atoms with Gasteiger partial charge in [0.15, 0.2) is 0 Å². The van der Waals surface area contributed by atoms with Crippen molar-refractivity contribution in [1.82, 2.24) is 10.2 Å². The first-order chi connectivity index (χ1) is 11.6. The topological polar surface area (TPSA) is 69.6 Å². The second-order valence-electron chi connectivity index (χ2n) is 6.03. The lowest BCUT2D eigenvalue weighted by Gasteiger charge is -2.22. The van der Waals surface area contributed by atoms with Gasteiger partial charge in [-0.15, -0.1) is 0 Å². The summed E-state index contributed by atoms with van der Waals surface area (Å²) in [7, 11) is 0. The zero-order valence-electron chi connectivity index (χ0n) is 13.5. The highest BCUT2D eigenvalue weighted by Gasteiger charge is 2.48. The summed E-state index contributed by atoms with van der Waals surface area (Å²) in [6.45, 7) is 1.88. The molecule has 1 heterocycles. The zero-order valence-corrected chi connectivity index (χ0v) is 13.5. The molecule has 1 atom stereocenters. The lowest BCUT2D eigenvalue weighted by molar-refractivity contribution is -0.131. The van der Waals surface area contributed by atoms with E-state index in [9.17, 15) is 9.59 Å². The van der Waals surface area contributed by atoms with Crippen LogP contribution >= 0.6 is 0 Å². The maximum atomic E-state index is 12.7. The van der Waals surface area contributed by atoms with Crippen molar-refractivity contribution in [2.75, 3.05) is 13.2 Å². The van der Waals surface area contributed by atoms with Gasteiger partial charge in [0.25, 0.3) is 5.91 Å². The predicted octanol–water partition coefficient (Wildman–Crippen LogP) is 2.50. The van der Waals surface area contributed by atoms with Gasteiger partial charge in [-0.05, 0) is 30.0 Å². The van der Waals surface area contributed by atoms with Crippen LogP contribution in [0, 0.1) is 0 Å². The van der Waals surface area contributed by atoms with Crippen LogP contribution in [0.25, 0.3) is 11.1 Å². The third-order valence-corrected chi connectivity index (χ3v) is 4.38. The number of aliphatic hydroxyl groups excluding tert-OH is 1. The maximum Gasteiger partial charge on any atom is 0.325 e. The number of hydrogen-bond acceptors (Lipinski definition) is 3. The third-order valence-electron chi connectivity index (χ3n) is 4.38. The van der Waals surface area contributed by atoms with Crippen LogP contribution in [0.1, 0.15) is 18.9 Å². The Labute approximate surface area is 140 Å². The molecule has 0 spiro atoms. The van der Waals surface area contributed by atoms with Crippen LogP contribution in [0.4, 0.5) is 4.79 Å². The van der Waals surface area contributed by atoms with Crippen LogP contribution in [-0.4, -0.2) is 35.1 Å². The number of imide groups is 1. The molecule has 5 nitrogen and oxygen atoms in total. The van der Waals surface area contributed by atoms with Crippen LogP contribution in [0.2, 0.25) is 0 Å². The molecule has 0 radical (unpaired) electrons. The number of hydrogen-bond donors (Lipinski definition) is 2. The SMILES string of the molecule is CC1(c2ccc(-c3ccccc3)cc2)NC(=O)N(CCCO)C1=O. The molecule has 1 saturated heterocycles. The Morgan fingerprint density at radius 3 is 2.25 bits per heavy atom. The van der Waals surface area contributed by atoms with Crippen molar-refractivity contribution >= 4 is 11.9 Å². The lowest BCUT2D eigenvalue weighted by Crippen LogP contribution is -2.41. The van der Waals surface area contributed by atoms with Gasteiger partial charge in [0.05, 0.1) is 0 Å². The summed E-state index contributed by atoms with van der Waals surface area (Å²) in [4.78, 5) is 25.9. The molecule has 0 bridgehead atoms. The minimum absolute atomic E-state index is 0.0560. The summed E-state index contributed by atoms with van der Waals surface area (Å²) in [5.74, 6) is -0.284. The summed E-state index contributed by atoms with van der Waals surface area (Å²) >= 11 is 0. The van der Waals surface area contributed by atoms with Gasteiger partial charge >= 0.3 is 6.03 Å².